The standard InChI is InChI=1S/C12H9N3OS/c13-9-3-4-10(16-12-15-6-7-17-12)11-8(9)2-1-5-14-11/h1-7H,13H2. The lowest BCUT2D eigenvalue weighted by atomic mass is 10.2. The van der Waals surface area contributed by atoms with Gasteiger partial charge in [0.2, 0.25) is 0 Å². The van der Waals surface area contributed by atoms with Crippen LogP contribution in [0.1, 0.15) is 0 Å². The van der Waals surface area contributed by atoms with Gasteiger partial charge in [-0.3, -0.25) is 4.98 Å². The molecule has 0 aliphatic carbocycles. The van der Waals surface area contributed by atoms with Gasteiger partial charge in [0.25, 0.3) is 5.19 Å². The van der Waals surface area contributed by atoms with E-state index in [1.807, 2.05) is 29.6 Å². The Balaban J connectivity index is 2.14. The van der Waals surface area contributed by atoms with Crippen LogP contribution in [0.3, 0.4) is 0 Å². The molecule has 5 heteroatoms. The first kappa shape index (κ1) is 10.0. The minimum absolute atomic E-state index is 0.599. The van der Waals surface area contributed by atoms with Gasteiger partial charge >= 0.3 is 0 Å². The average Bonchev–Trinajstić information content (AvgIpc) is 2.86. The molecular weight excluding hydrogens is 234 g/mol. The topological polar surface area (TPSA) is 61.0 Å². The molecule has 84 valence electrons. The molecule has 0 aliphatic heterocycles. The highest BCUT2D eigenvalue weighted by molar-refractivity contribution is 7.11. The van der Waals surface area contributed by atoms with Crippen molar-refractivity contribution >= 4 is 27.9 Å². The van der Waals surface area contributed by atoms with E-state index in [1.165, 1.54) is 11.3 Å². The van der Waals surface area contributed by atoms with Crippen LogP contribution < -0.4 is 10.5 Å². The van der Waals surface area contributed by atoms with E-state index < -0.39 is 0 Å². The molecule has 2 N–H and O–H groups in total. The van der Waals surface area contributed by atoms with Crippen molar-refractivity contribution in [3.63, 3.8) is 0 Å². The lowest BCUT2D eigenvalue weighted by molar-refractivity contribution is 0.483. The highest BCUT2D eigenvalue weighted by Crippen LogP contribution is 2.32. The quantitative estimate of drug-likeness (QED) is 0.703. The number of nitrogens with two attached hydrogens (primary N) is 1. The molecule has 2 aromatic heterocycles. The zero-order valence-corrected chi connectivity index (χ0v) is 9.65. The summed E-state index contributed by atoms with van der Waals surface area (Å²) in [6.45, 7) is 0. The molecule has 2 heterocycles. The van der Waals surface area contributed by atoms with Crippen LogP contribution in [0.4, 0.5) is 5.69 Å². The second kappa shape index (κ2) is 4.03. The third-order valence-electron chi connectivity index (χ3n) is 2.37. The van der Waals surface area contributed by atoms with Gasteiger partial charge in [0.15, 0.2) is 5.75 Å². The Hall–Kier alpha value is -2.14. The summed E-state index contributed by atoms with van der Waals surface area (Å²) in [4.78, 5) is 8.37. The highest BCUT2D eigenvalue weighted by Gasteiger charge is 2.07. The van der Waals surface area contributed by atoms with Crippen LogP contribution in [0.5, 0.6) is 10.9 Å². The van der Waals surface area contributed by atoms with Gasteiger partial charge in [-0.05, 0) is 24.3 Å². The molecule has 0 saturated carbocycles. The summed E-state index contributed by atoms with van der Waals surface area (Å²) in [5.41, 5.74) is 7.34. The monoisotopic (exact) mass is 243 g/mol. The maximum Gasteiger partial charge on any atom is 0.278 e. The lowest BCUT2D eigenvalue weighted by Gasteiger charge is -2.07. The summed E-state index contributed by atoms with van der Waals surface area (Å²) in [5, 5.41) is 3.35. The average molecular weight is 243 g/mol. The number of thiazole rings is 1. The first-order chi connectivity index (χ1) is 8.34. The third kappa shape index (κ3) is 1.81. The summed E-state index contributed by atoms with van der Waals surface area (Å²) >= 11 is 1.44. The van der Waals surface area contributed by atoms with E-state index in [4.69, 9.17) is 10.5 Å². The van der Waals surface area contributed by atoms with Gasteiger partial charge in [-0.2, -0.15) is 0 Å². The Kier molecular flexibility index (Phi) is 2.38. The molecule has 0 unspecified atom stereocenters. The Bertz CT molecular complexity index is 652. The number of nitrogen functional groups attached to an aromatic ring is 1. The van der Waals surface area contributed by atoms with Gasteiger partial charge in [0.05, 0.1) is 0 Å². The molecular formula is C12H9N3OS. The van der Waals surface area contributed by atoms with Crippen LogP contribution in [-0.2, 0) is 0 Å². The molecule has 0 spiro atoms. The Morgan fingerprint density at radius 3 is 2.88 bits per heavy atom. The first-order valence-electron chi connectivity index (χ1n) is 5.05. The van der Waals surface area contributed by atoms with E-state index in [1.54, 1.807) is 12.4 Å². The summed E-state index contributed by atoms with van der Waals surface area (Å²) in [6, 6.07) is 7.40. The second-order valence-corrected chi connectivity index (χ2v) is 4.31. The molecule has 0 aliphatic rings. The van der Waals surface area contributed by atoms with Crippen molar-refractivity contribution in [1.82, 2.24) is 9.97 Å². The van der Waals surface area contributed by atoms with Gasteiger partial charge in [-0.15, -0.1) is 0 Å². The second-order valence-electron chi connectivity index (χ2n) is 3.45. The molecule has 3 rings (SSSR count). The molecule has 0 atom stereocenters. The van der Waals surface area contributed by atoms with Crippen LogP contribution in [0.25, 0.3) is 10.9 Å². The van der Waals surface area contributed by atoms with Crippen molar-refractivity contribution in [2.75, 3.05) is 5.73 Å². The lowest BCUT2D eigenvalue weighted by Crippen LogP contribution is -1.91. The molecule has 0 saturated heterocycles. The largest absolute Gasteiger partial charge is 0.429 e. The van der Waals surface area contributed by atoms with E-state index in [-0.39, 0.29) is 0 Å². The number of anilines is 1. The Labute approximate surface area is 102 Å². The molecule has 0 fully saturated rings. The Morgan fingerprint density at radius 1 is 1.12 bits per heavy atom. The molecule has 4 nitrogen and oxygen atoms in total. The van der Waals surface area contributed by atoms with Crippen molar-refractivity contribution in [3.8, 4) is 10.9 Å². The molecule has 0 bridgehead atoms. The summed E-state index contributed by atoms with van der Waals surface area (Å²) in [5.74, 6) is 0.671. The van der Waals surface area contributed by atoms with Gasteiger partial charge in [-0.1, -0.05) is 11.3 Å². The molecule has 3 aromatic rings. The fourth-order valence-electron chi connectivity index (χ4n) is 1.61. The number of benzene rings is 1. The van der Waals surface area contributed by atoms with Gasteiger partial charge < -0.3 is 10.5 Å². The van der Waals surface area contributed by atoms with E-state index >= 15 is 0 Å². The van der Waals surface area contributed by atoms with Crippen molar-refractivity contribution in [3.05, 3.63) is 42.0 Å². The zero-order chi connectivity index (χ0) is 11.7. The molecule has 0 amide bonds. The third-order valence-corrected chi connectivity index (χ3v) is 3.02. The Morgan fingerprint density at radius 2 is 2.06 bits per heavy atom. The number of aromatic nitrogens is 2. The highest BCUT2D eigenvalue weighted by atomic mass is 32.1. The maximum atomic E-state index is 5.89. The number of nitrogens with zero attached hydrogens (tertiary/aromatic N) is 2. The maximum absolute atomic E-state index is 5.89. The van der Waals surface area contributed by atoms with Crippen LogP contribution >= 0.6 is 11.3 Å². The fourth-order valence-corrected chi connectivity index (χ4v) is 2.10. The normalized spacial score (nSPS) is 10.6. The number of hydrogen-bond donors (Lipinski definition) is 1. The van der Waals surface area contributed by atoms with E-state index in [0.29, 0.717) is 16.6 Å². The van der Waals surface area contributed by atoms with Gasteiger partial charge in [0, 0.05) is 28.8 Å². The number of ether oxygens (including phenoxy) is 1. The van der Waals surface area contributed by atoms with Gasteiger partial charge in [-0.25, -0.2) is 4.98 Å². The molecule has 17 heavy (non-hydrogen) atoms. The number of fused-ring (bicyclic) bond motifs is 1. The summed E-state index contributed by atoms with van der Waals surface area (Å²) in [6.07, 6.45) is 3.42. The predicted octanol–water partition coefficient (Wildman–Crippen LogP) is 3.07. The summed E-state index contributed by atoms with van der Waals surface area (Å²) in [7, 11) is 0. The van der Waals surface area contributed by atoms with Crippen LogP contribution in [0, 0.1) is 0 Å². The number of pyridine rings is 1. The number of hydrogen-bond acceptors (Lipinski definition) is 5. The zero-order valence-electron chi connectivity index (χ0n) is 8.83. The molecule has 0 radical (unpaired) electrons. The van der Waals surface area contributed by atoms with Crippen LogP contribution in [0.2, 0.25) is 0 Å². The van der Waals surface area contributed by atoms with Crippen molar-refractivity contribution < 1.29 is 4.74 Å². The predicted molar refractivity (Wildman–Crippen MR) is 68.3 cm³/mol. The SMILES string of the molecule is Nc1ccc(Oc2nccs2)c2ncccc12. The van der Waals surface area contributed by atoms with Crippen LogP contribution in [-0.4, -0.2) is 9.97 Å². The van der Waals surface area contributed by atoms with Crippen LogP contribution in [0.15, 0.2) is 42.0 Å². The molecule has 1 aromatic carbocycles. The van der Waals surface area contributed by atoms with Gasteiger partial charge in [0.1, 0.15) is 5.52 Å². The number of rotatable bonds is 2. The fraction of sp³-hybridized carbons (Fsp3) is 0. The summed E-state index contributed by atoms with van der Waals surface area (Å²) < 4.78 is 5.68. The van der Waals surface area contributed by atoms with Crippen molar-refractivity contribution in [2.45, 2.75) is 0 Å². The first-order valence-corrected chi connectivity index (χ1v) is 5.93. The minimum Gasteiger partial charge on any atom is -0.429 e. The van der Waals surface area contributed by atoms with E-state index in [2.05, 4.69) is 9.97 Å². The smallest absolute Gasteiger partial charge is 0.278 e. The van der Waals surface area contributed by atoms with Crippen molar-refractivity contribution in [1.29, 1.82) is 0 Å². The minimum atomic E-state index is 0.599. The van der Waals surface area contributed by atoms with E-state index in [0.717, 1.165) is 10.9 Å². The van der Waals surface area contributed by atoms with Crippen molar-refractivity contribution in [2.24, 2.45) is 0 Å². The van der Waals surface area contributed by atoms with E-state index in [9.17, 15) is 0 Å².